The lowest BCUT2D eigenvalue weighted by Gasteiger charge is -2.04. The molecule has 2 aromatic rings. The van der Waals surface area contributed by atoms with Crippen molar-refractivity contribution in [3.63, 3.8) is 0 Å². The lowest BCUT2D eigenvalue weighted by atomic mass is 10.1. The number of benzene rings is 2. The maximum atomic E-state index is 12.7. The molecule has 2 nitrogen and oxygen atoms in total. The molecule has 0 aromatic heterocycles. The van der Waals surface area contributed by atoms with Crippen molar-refractivity contribution in [2.75, 3.05) is 0 Å². The molecule has 2 rings (SSSR count). The van der Waals surface area contributed by atoms with Gasteiger partial charge in [-0.25, -0.2) is 4.39 Å². The molecule has 1 unspecified atom stereocenters. The third-order valence-electron chi connectivity index (χ3n) is 2.63. The highest BCUT2D eigenvalue weighted by Crippen LogP contribution is 2.13. The Morgan fingerprint density at radius 3 is 2.06 bits per heavy atom. The van der Waals surface area contributed by atoms with E-state index in [0.717, 1.165) is 11.1 Å². The first-order valence-electron chi connectivity index (χ1n) is 5.61. The molecule has 0 saturated heterocycles. The first-order valence-corrected chi connectivity index (χ1v) is 6.93. The minimum absolute atomic E-state index is 0.317. The second kappa shape index (κ2) is 5.89. The molecule has 0 fully saturated rings. The quantitative estimate of drug-likeness (QED) is 0.921. The average molecular weight is 263 g/mol. The van der Waals surface area contributed by atoms with Crippen molar-refractivity contribution in [1.29, 1.82) is 0 Å². The smallest absolute Gasteiger partial charge is 0.123 e. The highest BCUT2D eigenvalue weighted by molar-refractivity contribution is 7.84. The van der Waals surface area contributed by atoms with Gasteiger partial charge in [0.05, 0.1) is 16.6 Å². The number of hydrogen-bond acceptors (Lipinski definition) is 2. The summed E-state index contributed by atoms with van der Waals surface area (Å²) in [5, 5.41) is 0. The van der Waals surface area contributed by atoms with Crippen molar-refractivity contribution < 1.29 is 8.60 Å². The molecule has 0 aliphatic carbocycles. The van der Waals surface area contributed by atoms with Crippen LogP contribution in [0.15, 0.2) is 53.4 Å². The van der Waals surface area contributed by atoms with E-state index in [2.05, 4.69) is 0 Å². The summed E-state index contributed by atoms with van der Waals surface area (Å²) in [6.45, 7) is 0.501. The average Bonchev–Trinajstić information content (AvgIpc) is 2.40. The molecule has 0 amide bonds. The number of hydrogen-bond donors (Lipinski definition) is 1. The molecule has 0 bridgehead atoms. The van der Waals surface area contributed by atoms with E-state index in [9.17, 15) is 8.60 Å². The van der Waals surface area contributed by atoms with Gasteiger partial charge < -0.3 is 5.73 Å². The summed E-state index contributed by atoms with van der Waals surface area (Å²) in [6.07, 6.45) is 0. The van der Waals surface area contributed by atoms with E-state index in [1.165, 1.54) is 12.1 Å². The molecule has 2 aromatic carbocycles. The van der Waals surface area contributed by atoms with Gasteiger partial charge in [0.2, 0.25) is 0 Å². The number of halogens is 1. The van der Waals surface area contributed by atoms with E-state index >= 15 is 0 Å². The molecule has 1 atom stereocenters. The van der Waals surface area contributed by atoms with E-state index in [1.807, 2.05) is 24.3 Å². The van der Waals surface area contributed by atoms with Gasteiger partial charge in [0.1, 0.15) is 5.82 Å². The summed E-state index contributed by atoms with van der Waals surface area (Å²) in [5.74, 6) is 0.110. The van der Waals surface area contributed by atoms with Gasteiger partial charge >= 0.3 is 0 Å². The van der Waals surface area contributed by atoms with Crippen LogP contribution in [-0.4, -0.2) is 4.21 Å². The fourth-order valence-electron chi connectivity index (χ4n) is 1.59. The molecule has 0 heterocycles. The highest BCUT2D eigenvalue weighted by atomic mass is 32.2. The van der Waals surface area contributed by atoms with Gasteiger partial charge in [0, 0.05) is 11.4 Å². The van der Waals surface area contributed by atoms with E-state index in [0.29, 0.717) is 17.2 Å². The Hall–Kier alpha value is -1.52. The lowest BCUT2D eigenvalue weighted by Crippen LogP contribution is -1.99. The zero-order valence-corrected chi connectivity index (χ0v) is 10.6. The summed E-state index contributed by atoms with van der Waals surface area (Å²) < 4.78 is 24.8. The maximum absolute atomic E-state index is 12.7. The van der Waals surface area contributed by atoms with Gasteiger partial charge in [-0.3, -0.25) is 4.21 Å². The largest absolute Gasteiger partial charge is 0.326 e. The van der Waals surface area contributed by atoms with Crippen LogP contribution >= 0.6 is 0 Å². The van der Waals surface area contributed by atoms with Crippen molar-refractivity contribution in [2.24, 2.45) is 5.73 Å². The van der Waals surface area contributed by atoms with Crippen LogP contribution < -0.4 is 5.73 Å². The van der Waals surface area contributed by atoms with E-state index < -0.39 is 10.8 Å². The van der Waals surface area contributed by atoms with E-state index in [-0.39, 0.29) is 5.82 Å². The van der Waals surface area contributed by atoms with Crippen LogP contribution in [0.4, 0.5) is 4.39 Å². The van der Waals surface area contributed by atoms with Gasteiger partial charge in [-0.1, -0.05) is 24.3 Å². The zero-order valence-electron chi connectivity index (χ0n) is 9.80. The Balaban J connectivity index is 2.08. The maximum Gasteiger partial charge on any atom is 0.123 e. The Kier molecular flexibility index (Phi) is 4.23. The molecule has 0 radical (unpaired) electrons. The van der Waals surface area contributed by atoms with Gasteiger partial charge in [-0.2, -0.15) is 0 Å². The van der Waals surface area contributed by atoms with E-state index in [1.54, 1.807) is 12.1 Å². The predicted octanol–water partition coefficient (Wildman–Crippen LogP) is 2.59. The van der Waals surface area contributed by atoms with Crippen molar-refractivity contribution in [1.82, 2.24) is 0 Å². The van der Waals surface area contributed by atoms with Gasteiger partial charge in [0.15, 0.2) is 0 Å². The Bertz CT molecular complexity index is 537. The SMILES string of the molecule is NCc1ccc(CS(=O)c2ccc(F)cc2)cc1. The lowest BCUT2D eigenvalue weighted by molar-refractivity contribution is 0.626. The van der Waals surface area contributed by atoms with Gasteiger partial charge in [0.25, 0.3) is 0 Å². The third kappa shape index (κ3) is 3.24. The first-order chi connectivity index (χ1) is 8.69. The highest BCUT2D eigenvalue weighted by Gasteiger charge is 2.05. The molecule has 18 heavy (non-hydrogen) atoms. The monoisotopic (exact) mass is 263 g/mol. The Morgan fingerprint density at radius 2 is 1.50 bits per heavy atom. The standard InChI is InChI=1S/C14H14FNOS/c15-13-5-7-14(8-6-13)18(17)10-12-3-1-11(9-16)2-4-12/h1-8H,9-10,16H2. The van der Waals surface area contributed by atoms with Gasteiger partial charge in [-0.15, -0.1) is 0 Å². The van der Waals surface area contributed by atoms with Crippen LogP contribution in [0.2, 0.25) is 0 Å². The Morgan fingerprint density at radius 1 is 0.944 bits per heavy atom. The predicted molar refractivity (Wildman–Crippen MR) is 70.8 cm³/mol. The van der Waals surface area contributed by atoms with Crippen LogP contribution in [0.1, 0.15) is 11.1 Å². The topological polar surface area (TPSA) is 43.1 Å². The molecule has 4 heteroatoms. The molecule has 94 valence electrons. The number of rotatable bonds is 4. The van der Waals surface area contributed by atoms with Crippen LogP contribution in [-0.2, 0) is 23.1 Å². The summed E-state index contributed by atoms with van der Waals surface area (Å²) in [5.41, 5.74) is 7.54. The minimum atomic E-state index is -1.15. The molecular weight excluding hydrogens is 249 g/mol. The van der Waals surface area contributed by atoms with Crippen LogP contribution in [0.3, 0.4) is 0 Å². The van der Waals surface area contributed by atoms with Gasteiger partial charge in [-0.05, 0) is 35.4 Å². The zero-order chi connectivity index (χ0) is 13.0. The first kappa shape index (κ1) is 12.9. The minimum Gasteiger partial charge on any atom is -0.326 e. The van der Waals surface area contributed by atoms with Crippen molar-refractivity contribution in [2.45, 2.75) is 17.2 Å². The molecular formula is C14H14FNOS. The van der Waals surface area contributed by atoms with Crippen molar-refractivity contribution in [3.8, 4) is 0 Å². The third-order valence-corrected chi connectivity index (χ3v) is 4.03. The second-order valence-corrected chi connectivity index (χ2v) is 5.42. The summed E-state index contributed by atoms with van der Waals surface area (Å²) >= 11 is 0. The van der Waals surface area contributed by atoms with Crippen molar-refractivity contribution >= 4 is 10.8 Å². The van der Waals surface area contributed by atoms with Crippen LogP contribution in [0, 0.1) is 5.82 Å². The summed E-state index contributed by atoms with van der Waals surface area (Å²) in [6, 6.07) is 13.5. The summed E-state index contributed by atoms with van der Waals surface area (Å²) in [7, 11) is -1.15. The van der Waals surface area contributed by atoms with Crippen molar-refractivity contribution in [3.05, 3.63) is 65.5 Å². The molecule has 2 N–H and O–H groups in total. The fourth-order valence-corrected chi connectivity index (χ4v) is 2.69. The molecule has 0 spiro atoms. The fraction of sp³-hybridized carbons (Fsp3) is 0.143. The van der Waals surface area contributed by atoms with Crippen LogP contribution in [0.25, 0.3) is 0 Å². The molecule has 0 aliphatic heterocycles. The normalized spacial score (nSPS) is 12.3. The molecule has 0 saturated carbocycles. The molecule has 0 aliphatic rings. The number of nitrogens with two attached hydrogens (primary N) is 1. The van der Waals surface area contributed by atoms with Crippen LogP contribution in [0.5, 0.6) is 0 Å². The summed E-state index contributed by atoms with van der Waals surface area (Å²) in [4.78, 5) is 0.638. The van der Waals surface area contributed by atoms with E-state index in [4.69, 9.17) is 5.73 Å². The second-order valence-electron chi connectivity index (χ2n) is 3.96. The Labute approximate surface area is 108 Å².